The molecule has 0 unspecified atom stereocenters. The van der Waals surface area contributed by atoms with Crippen molar-refractivity contribution in [3.05, 3.63) is 36.8 Å². The first-order chi connectivity index (χ1) is 12.6. The number of aromatic nitrogens is 3. The van der Waals surface area contributed by atoms with Crippen molar-refractivity contribution in [2.24, 2.45) is 7.05 Å². The summed E-state index contributed by atoms with van der Waals surface area (Å²) in [5, 5.41) is 8.94. The van der Waals surface area contributed by atoms with Gasteiger partial charge in [0.1, 0.15) is 23.6 Å². The molecule has 0 saturated heterocycles. The highest BCUT2D eigenvalue weighted by Gasteiger charge is 2.26. The molecule has 0 aliphatic carbocycles. The lowest BCUT2D eigenvalue weighted by Gasteiger charge is -2.29. The van der Waals surface area contributed by atoms with Gasteiger partial charge in [-0.3, -0.25) is 9.69 Å². The second-order valence-electron chi connectivity index (χ2n) is 6.02. The van der Waals surface area contributed by atoms with Crippen LogP contribution in [0.5, 0.6) is 5.75 Å². The van der Waals surface area contributed by atoms with E-state index in [9.17, 15) is 4.79 Å². The summed E-state index contributed by atoms with van der Waals surface area (Å²) >= 11 is 0. The van der Waals surface area contributed by atoms with Crippen LogP contribution in [-0.4, -0.2) is 40.6 Å². The van der Waals surface area contributed by atoms with Gasteiger partial charge in [-0.1, -0.05) is 0 Å². The third kappa shape index (κ3) is 2.50. The highest BCUT2D eigenvalue weighted by atomic mass is 16.5. The van der Waals surface area contributed by atoms with Gasteiger partial charge >= 0.3 is 0 Å². The molecule has 0 radical (unpaired) electrons. The van der Waals surface area contributed by atoms with Gasteiger partial charge in [0, 0.05) is 31.9 Å². The topological polar surface area (TPSA) is 87.3 Å². The molecular formula is C18H16N6O2. The van der Waals surface area contributed by atoms with Crippen LogP contribution in [0.3, 0.4) is 0 Å². The van der Waals surface area contributed by atoms with Crippen LogP contribution >= 0.6 is 0 Å². The zero-order valence-electron chi connectivity index (χ0n) is 14.4. The van der Waals surface area contributed by atoms with Crippen LogP contribution in [0.2, 0.25) is 0 Å². The first kappa shape index (κ1) is 15.9. The monoisotopic (exact) mass is 348 g/mol. The number of hydrogen-bond acceptors (Lipinski definition) is 6. The Bertz CT molecular complexity index is 1050. The van der Waals surface area contributed by atoms with Gasteiger partial charge in [-0.25, -0.2) is 9.97 Å². The molecule has 3 aromatic rings. The molecule has 3 heterocycles. The number of nitriles is 1. The molecule has 0 bridgehead atoms. The number of ether oxygens (including phenoxy) is 1. The van der Waals surface area contributed by atoms with Crippen molar-refractivity contribution in [1.29, 1.82) is 5.26 Å². The minimum absolute atomic E-state index is 0.00307. The van der Waals surface area contributed by atoms with E-state index in [1.165, 1.54) is 4.90 Å². The molecule has 130 valence electrons. The molecule has 2 aromatic heterocycles. The third-order valence-corrected chi connectivity index (χ3v) is 4.44. The highest BCUT2D eigenvalue weighted by molar-refractivity contribution is 5.98. The number of rotatable bonds is 3. The predicted octanol–water partition coefficient (Wildman–Crippen LogP) is 1.99. The largest absolute Gasteiger partial charge is 0.481 e. The van der Waals surface area contributed by atoms with Gasteiger partial charge in [0.15, 0.2) is 6.61 Å². The molecule has 8 heteroatoms. The summed E-state index contributed by atoms with van der Waals surface area (Å²) in [6.07, 6.45) is 3.49. The fourth-order valence-electron chi connectivity index (χ4n) is 2.98. The van der Waals surface area contributed by atoms with Crippen LogP contribution in [0.15, 0.2) is 36.8 Å². The molecule has 1 aromatic carbocycles. The smallest absolute Gasteiger partial charge is 0.265 e. The number of imidazole rings is 1. The normalized spacial score (nSPS) is 13.3. The van der Waals surface area contributed by atoms with Crippen LogP contribution in [0, 0.1) is 11.3 Å². The van der Waals surface area contributed by atoms with E-state index in [2.05, 4.69) is 9.97 Å². The summed E-state index contributed by atoms with van der Waals surface area (Å²) < 4.78 is 7.49. The van der Waals surface area contributed by atoms with Crippen molar-refractivity contribution in [2.45, 2.75) is 0 Å². The summed E-state index contributed by atoms with van der Waals surface area (Å²) in [6, 6.07) is 9.49. The van der Waals surface area contributed by atoms with Crippen molar-refractivity contribution < 1.29 is 9.53 Å². The minimum atomic E-state index is -0.219. The molecule has 1 amide bonds. The quantitative estimate of drug-likeness (QED) is 0.673. The predicted molar refractivity (Wildman–Crippen MR) is 96.5 cm³/mol. The number of amides is 1. The molecule has 0 spiro atoms. The molecule has 26 heavy (non-hydrogen) atoms. The Morgan fingerprint density at radius 3 is 3.00 bits per heavy atom. The average molecular weight is 348 g/mol. The Balaban J connectivity index is 1.70. The molecule has 1 aliphatic heterocycles. The van der Waals surface area contributed by atoms with Crippen molar-refractivity contribution >= 4 is 34.1 Å². The number of benzene rings is 1. The summed E-state index contributed by atoms with van der Waals surface area (Å²) in [5.41, 5.74) is 3.30. The van der Waals surface area contributed by atoms with Gasteiger partial charge in [0.25, 0.3) is 5.91 Å². The van der Waals surface area contributed by atoms with Crippen LogP contribution in [0.4, 0.5) is 17.2 Å². The Hall–Kier alpha value is -3.60. The fraction of sp³-hybridized carbons (Fsp3) is 0.222. The van der Waals surface area contributed by atoms with E-state index in [0.717, 1.165) is 22.5 Å². The van der Waals surface area contributed by atoms with Gasteiger partial charge in [-0.15, -0.1) is 0 Å². The van der Waals surface area contributed by atoms with E-state index in [0.29, 0.717) is 11.4 Å². The second kappa shape index (κ2) is 6.04. The minimum Gasteiger partial charge on any atom is -0.481 e. The fourth-order valence-corrected chi connectivity index (χ4v) is 2.98. The number of carbonyl (C=O) groups is 1. The van der Waals surface area contributed by atoms with Gasteiger partial charge in [-0.05, 0) is 12.1 Å². The van der Waals surface area contributed by atoms with E-state index >= 15 is 0 Å². The molecular weight excluding hydrogens is 332 g/mol. The van der Waals surface area contributed by atoms with Gasteiger partial charge in [-0.2, -0.15) is 5.26 Å². The number of hydrogen-bond donors (Lipinski definition) is 0. The van der Waals surface area contributed by atoms with Gasteiger partial charge < -0.3 is 14.2 Å². The Labute approximate surface area is 149 Å². The van der Waals surface area contributed by atoms with Crippen molar-refractivity contribution in [2.75, 3.05) is 30.0 Å². The first-order valence-electron chi connectivity index (χ1n) is 8.03. The summed E-state index contributed by atoms with van der Waals surface area (Å²) in [5.74, 6) is 1.12. The lowest BCUT2D eigenvalue weighted by Crippen LogP contribution is -2.39. The molecule has 8 nitrogen and oxygen atoms in total. The zero-order chi connectivity index (χ0) is 18.3. The van der Waals surface area contributed by atoms with E-state index in [-0.39, 0.29) is 19.1 Å². The maximum absolute atomic E-state index is 11.9. The number of aryl methyl sites for hydroxylation is 1. The molecule has 0 N–H and O–H groups in total. The van der Waals surface area contributed by atoms with Gasteiger partial charge in [0.05, 0.1) is 29.8 Å². The Kier molecular flexibility index (Phi) is 3.69. The number of fused-ring (bicyclic) bond motifs is 2. The second-order valence-corrected chi connectivity index (χ2v) is 6.02. The summed E-state index contributed by atoms with van der Waals surface area (Å²) in [4.78, 5) is 24.1. The lowest BCUT2D eigenvalue weighted by atomic mass is 10.2. The molecule has 0 saturated carbocycles. The molecule has 1 aliphatic rings. The Morgan fingerprint density at radius 2 is 2.19 bits per heavy atom. The van der Waals surface area contributed by atoms with Crippen molar-refractivity contribution in [1.82, 2.24) is 14.5 Å². The van der Waals surface area contributed by atoms with Crippen molar-refractivity contribution in [3.8, 4) is 11.8 Å². The number of nitrogens with zero attached hydrogens (tertiary/aromatic N) is 6. The molecule has 4 rings (SSSR count). The highest BCUT2D eigenvalue weighted by Crippen LogP contribution is 2.36. The van der Waals surface area contributed by atoms with Gasteiger partial charge in [0.2, 0.25) is 0 Å². The molecule has 0 atom stereocenters. The summed E-state index contributed by atoms with van der Waals surface area (Å²) in [7, 11) is 3.85. The standard InChI is InChI=1S/C18H16N6O2/c1-22-11-21-13-9-20-17(8-15(13)22)23(2)12-3-4-14-16(7-12)26-10-18(25)24(14)6-5-19/h3-4,7-9,11H,6,10H2,1-2H3. The van der Waals surface area contributed by atoms with Crippen LogP contribution in [0.1, 0.15) is 0 Å². The van der Waals surface area contributed by atoms with Crippen LogP contribution in [-0.2, 0) is 11.8 Å². The number of anilines is 3. The van der Waals surface area contributed by atoms with Crippen LogP contribution < -0.4 is 14.5 Å². The third-order valence-electron chi connectivity index (χ3n) is 4.44. The Morgan fingerprint density at radius 1 is 1.35 bits per heavy atom. The number of pyridine rings is 1. The van der Waals surface area contributed by atoms with E-state index in [4.69, 9.17) is 10.00 Å². The van der Waals surface area contributed by atoms with E-state index in [1.807, 2.05) is 47.8 Å². The van der Waals surface area contributed by atoms with E-state index in [1.54, 1.807) is 18.6 Å². The summed E-state index contributed by atoms with van der Waals surface area (Å²) in [6.45, 7) is -0.0653. The SMILES string of the molecule is CN(c1ccc2c(c1)OCC(=O)N2CC#N)c1cc2c(cn1)ncn2C. The number of carbonyl (C=O) groups excluding carboxylic acids is 1. The average Bonchev–Trinajstić information content (AvgIpc) is 3.03. The molecule has 0 fully saturated rings. The van der Waals surface area contributed by atoms with Crippen molar-refractivity contribution in [3.63, 3.8) is 0 Å². The first-order valence-corrected chi connectivity index (χ1v) is 8.03. The maximum Gasteiger partial charge on any atom is 0.265 e. The lowest BCUT2D eigenvalue weighted by molar-refractivity contribution is -0.121. The van der Waals surface area contributed by atoms with Crippen LogP contribution in [0.25, 0.3) is 11.0 Å². The zero-order valence-corrected chi connectivity index (χ0v) is 14.4. The van der Waals surface area contributed by atoms with E-state index < -0.39 is 0 Å². The maximum atomic E-state index is 11.9.